The summed E-state index contributed by atoms with van der Waals surface area (Å²) < 4.78 is 11.5. The Morgan fingerprint density at radius 2 is 2.04 bits per heavy atom. The smallest absolute Gasteiger partial charge is 0.347 e. The highest BCUT2D eigenvalue weighted by Crippen LogP contribution is 2.25. The molecular formula is C18H14BrNO3. The Morgan fingerprint density at radius 3 is 2.83 bits per heavy atom. The Morgan fingerprint density at radius 1 is 1.22 bits per heavy atom. The molecule has 0 spiro atoms. The van der Waals surface area contributed by atoms with E-state index in [1.54, 1.807) is 25.3 Å². The third-order valence-electron chi connectivity index (χ3n) is 3.47. The molecule has 0 aliphatic carbocycles. The first-order valence-electron chi connectivity index (χ1n) is 7.00. The fraction of sp³-hybridized carbons (Fsp3) is 0.111. The van der Waals surface area contributed by atoms with Gasteiger partial charge in [-0.2, -0.15) is 0 Å². The summed E-state index contributed by atoms with van der Waals surface area (Å²) in [5.41, 5.74) is 2.06. The van der Waals surface area contributed by atoms with Gasteiger partial charge in [-0.3, -0.25) is 0 Å². The van der Waals surface area contributed by atoms with Crippen molar-refractivity contribution in [1.29, 1.82) is 0 Å². The zero-order valence-electron chi connectivity index (χ0n) is 12.7. The second-order valence-electron chi connectivity index (χ2n) is 5.03. The fourth-order valence-corrected chi connectivity index (χ4v) is 2.70. The number of para-hydroxylation sites is 1. The van der Waals surface area contributed by atoms with Crippen LogP contribution in [0, 0.1) is 6.92 Å². The van der Waals surface area contributed by atoms with Crippen LogP contribution in [0.1, 0.15) is 17.0 Å². The van der Waals surface area contributed by atoms with E-state index in [-0.39, 0.29) is 11.5 Å². The van der Waals surface area contributed by atoms with Crippen LogP contribution in [0.2, 0.25) is 0 Å². The first-order valence-corrected chi connectivity index (χ1v) is 7.80. The molecule has 0 bridgehead atoms. The van der Waals surface area contributed by atoms with Gasteiger partial charge in [0.15, 0.2) is 0 Å². The number of aromatic nitrogens is 1. The number of ether oxygens (including phenoxy) is 1. The van der Waals surface area contributed by atoms with Gasteiger partial charge >= 0.3 is 5.63 Å². The van der Waals surface area contributed by atoms with Gasteiger partial charge in [-0.05, 0) is 42.8 Å². The monoisotopic (exact) mass is 371 g/mol. The van der Waals surface area contributed by atoms with Crippen LogP contribution in [0.15, 0.2) is 50.1 Å². The molecule has 1 heterocycles. The van der Waals surface area contributed by atoms with Gasteiger partial charge in [-0.25, -0.2) is 9.78 Å². The van der Waals surface area contributed by atoms with E-state index >= 15 is 0 Å². The molecule has 1 aromatic heterocycles. The van der Waals surface area contributed by atoms with Crippen molar-refractivity contribution in [2.24, 2.45) is 0 Å². The van der Waals surface area contributed by atoms with E-state index in [0.717, 1.165) is 21.3 Å². The van der Waals surface area contributed by atoms with Crippen molar-refractivity contribution in [1.82, 2.24) is 4.98 Å². The third-order valence-corrected chi connectivity index (χ3v) is 3.97. The van der Waals surface area contributed by atoms with Crippen molar-refractivity contribution in [2.75, 3.05) is 7.11 Å². The van der Waals surface area contributed by atoms with Gasteiger partial charge < -0.3 is 9.15 Å². The predicted octanol–water partition coefficient (Wildman–Crippen LogP) is 4.44. The standard InChI is InChI=1S/C18H14BrNO3/c1-11-4-3-5-14-17(11)20-16(23-18(14)21)9-6-12-10-13(19)7-8-15(12)22-2/h3-10H,1-2H3/b9-6+. The lowest BCUT2D eigenvalue weighted by molar-refractivity contribution is 0.414. The average molecular weight is 372 g/mol. The molecule has 5 heteroatoms. The molecule has 0 atom stereocenters. The number of benzene rings is 2. The number of rotatable bonds is 3. The Hall–Kier alpha value is -2.40. The molecule has 0 unspecified atom stereocenters. The highest BCUT2D eigenvalue weighted by Gasteiger charge is 2.07. The van der Waals surface area contributed by atoms with Crippen LogP contribution in [0.3, 0.4) is 0 Å². The summed E-state index contributed by atoms with van der Waals surface area (Å²) >= 11 is 3.43. The van der Waals surface area contributed by atoms with Crippen LogP contribution in [0.25, 0.3) is 23.1 Å². The summed E-state index contributed by atoms with van der Waals surface area (Å²) in [7, 11) is 1.61. The first-order chi connectivity index (χ1) is 11.1. The molecule has 4 nitrogen and oxygen atoms in total. The summed E-state index contributed by atoms with van der Waals surface area (Å²) in [6, 6.07) is 11.1. The first kappa shape index (κ1) is 15.5. The Bertz CT molecular complexity index is 960. The minimum Gasteiger partial charge on any atom is -0.496 e. The van der Waals surface area contributed by atoms with Crippen molar-refractivity contribution in [3.63, 3.8) is 0 Å². The van der Waals surface area contributed by atoms with Crippen LogP contribution < -0.4 is 10.4 Å². The second kappa shape index (κ2) is 6.38. The predicted molar refractivity (Wildman–Crippen MR) is 94.6 cm³/mol. The normalized spacial score (nSPS) is 11.3. The summed E-state index contributed by atoms with van der Waals surface area (Å²) in [6.07, 6.45) is 3.47. The molecular weight excluding hydrogens is 358 g/mol. The van der Waals surface area contributed by atoms with Crippen molar-refractivity contribution in [2.45, 2.75) is 6.92 Å². The molecule has 23 heavy (non-hydrogen) atoms. The second-order valence-corrected chi connectivity index (χ2v) is 5.95. The maximum Gasteiger partial charge on any atom is 0.347 e. The van der Waals surface area contributed by atoms with Crippen LogP contribution in [-0.2, 0) is 0 Å². The van der Waals surface area contributed by atoms with Gasteiger partial charge in [-0.1, -0.05) is 28.1 Å². The van der Waals surface area contributed by atoms with E-state index in [4.69, 9.17) is 9.15 Å². The SMILES string of the molecule is COc1ccc(Br)cc1/C=C/c1nc2c(C)cccc2c(=O)o1. The van der Waals surface area contributed by atoms with Crippen LogP contribution in [0.5, 0.6) is 5.75 Å². The van der Waals surface area contributed by atoms with E-state index < -0.39 is 0 Å². The summed E-state index contributed by atoms with van der Waals surface area (Å²) in [6.45, 7) is 1.92. The van der Waals surface area contributed by atoms with Gasteiger partial charge in [0.2, 0.25) is 5.89 Å². The number of halogens is 1. The van der Waals surface area contributed by atoms with Gasteiger partial charge in [-0.15, -0.1) is 0 Å². The summed E-state index contributed by atoms with van der Waals surface area (Å²) in [5, 5.41) is 0.488. The van der Waals surface area contributed by atoms with Crippen LogP contribution >= 0.6 is 15.9 Å². The van der Waals surface area contributed by atoms with E-state index in [0.29, 0.717) is 10.9 Å². The number of methoxy groups -OCH3 is 1. The number of fused-ring (bicyclic) bond motifs is 1. The molecule has 0 N–H and O–H groups in total. The third kappa shape index (κ3) is 3.19. The molecule has 3 rings (SSSR count). The zero-order valence-corrected chi connectivity index (χ0v) is 14.3. The minimum atomic E-state index is -0.389. The lowest BCUT2D eigenvalue weighted by Gasteiger charge is -2.05. The molecule has 0 amide bonds. The molecule has 0 aliphatic heterocycles. The van der Waals surface area contributed by atoms with E-state index in [2.05, 4.69) is 20.9 Å². The summed E-state index contributed by atoms with van der Waals surface area (Å²) in [4.78, 5) is 16.5. The fourth-order valence-electron chi connectivity index (χ4n) is 2.32. The number of aryl methyl sites for hydroxylation is 1. The highest BCUT2D eigenvalue weighted by atomic mass is 79.9. The van der Waals surface area contributed by atoms with Gasteiger partial charge in [0.05, 0.1) is 18.0 Å². The quantitative estimate of drug-likeness (QED) is 0.682. The Labute approximate surface area is 141 Å². The zero-order chi connectivity index (χ0) is 16.4. The molecule has 0 saturated heterocycles. The highest BCUT2D eigenvalue weighted by molar-refractivity contribution is 9.10. The largest absolute Gasteiger partial charge is 0.496 e. The van der Waals surface area contributed by atoms with Crippen molar-refractivity contribution in [3.8, 4) is 5.75 Å². The molecule has 2 aromatic carbocycles. The number of nitrogens with zero attached hydrogens (tertiary/aromatic N) is 1. The van der Waals surface area contributed by atoms with E-state index in [1.165, 1.54) is 0 Å². The van der Waals surface area contributed by atoms with Gasteiger partial charge in [0.1, 0.15) is 5.75 Å². The van der Waals surface area contributed by atoms with Crippen LogP contribution in [-0.4, -0.2) is 12.1 Å². The lowest BCUT2D eigenvalue weighted by Crippen LogP contribution is -2.03. The van der Waals surface area contributed by atoms with Crippen molar-refractivity contribution >= 4 is 39.0 Å². The van der Waals surface area contributed by atoms with Gasteiger partial charge in [0, 0.05) is 16.1 Å². The molecule has 0 radical (unpaired) electrons. The maximum atomic E-state index is 12.1. The number of hydrogen-bond donors (Lipinski definition) is 0. The average Bonchev–Trinajstić information content (AvgIpc) is 2.54. The van der Waals surface area contributed by atoms with E-state index in [1.807, 2.05) is 37.3 Å². The lowest BCUT2D eigenvalue weighted by atomic mass is 10.1. The summed E-state index contributed by atoms with van der Waals surface area (Å²) in [5.74, 6) is 0.989. The molecule has 116 valence electrons. The van der Waals surface area contributed by atoms with Crippen LogP contribution in [0.4, 0.5) is 0 Å². The maximum absolute atomic E-state index is 12.1. The van der Waals surface area contributed by atoms with Crippen molar-refractivity contribution in [3.05, 3.63) is 68.3 Å². The molecule has 0 aliphatic rings. The van der Waals surface area contributed by atoms with Crippen molar-refractivity contribution < 1.29 is 9.15 Å². The van der Waals surface area contributed by atoms with E-state index in [9.17, 15) is 4.79 Å². The Balaban J connectivity index is 2.07. The minimum absolute atomic E-state index is 0.263. The molecule has 0 saturated carbocycles. The topological polar surface area (TPSA) is 52.3 Å². The Kier molecular flexibility index (Phi) is 4.30. The molecule has 0 fully saturated rings. The number of hydrogen-bond acceptors (Lipinski definition) is 4. The molecule has 3 aromatic rings. The van der Waals surface area contributed by atoms with Gasteiger partial charge in [0.25, 0.3) is 0 Å².